The van der Waals surface area contributed by atoms with Gasteiger partial charge in [0.2, 0.25) is 0 Å². The van der Waals surface area contributed by atoms with E-state index >= 15 is 0 Å². The molecule has 0 saturated carbocycles. The molecule has 6 heteroatoms. The van der Waals surface area contributed by atoms with Crippen LogP contribution in [0.5, 0.6) is 0 Å². The molecule has 18 heavy (non-hydrogen) atoms. The number of amides is 2. The number of ether oxygens (including phenoxy) is 1. The molecule has 1 N–H and O–H groups in total. The van der Waals surface area contributed by atoms with E-state index in [1.807, 2.05) is 13.8 Å². The number of aryl methyl sites for hydroxylation is 2. The number of hydrogen-bond acceptors (Lipinski definition) is 4. The molecule has 0 aromatic carbocycles. The Kier molecular flexibility index (Phi) is 4.19. The Bertz CT molecular complexity index is 391. The first-order chi connectivity index (χ1) is 8.68. The van der Waals surface area contributed by atoms with Gasteiger partial charge in [-0.25, -0.2) is 4.79 Å². The quantitative estimate of drug-likeness (QED) is 0.868. The molecule has 1 aliphatic rings. The highest BCUT2D eigenvalue weighted by Crippen LogP contribution is 2.12. The first kappa shape index (κ1) is 12.9. The Labute approximate surface area is 106 Å². The minimum absolute atomic E-state index is 0.0231. The molecule has 2 rings (SSSR count). The van der Waals surface area contributed by atoms with Gasteiger partial charge in [0.1, 0.15) is 5.76 Å². The van der Waals surface area contributed by atoms with Crippen LogP contribution in [-0.2, 0) is 11.2 Å². The van der Waals surface area contributed by atoms with Crippen LogP contribution in [0.2, 0.25) is 0 Å². The molecule has 2 amide bonds. The molecule has 0 radical (unpaired) electrons. The van der Waals surface area contributed by atoms with E-state index in [-0.39, 0.29) is 6.03 Å². The van der Waals surface area contributed by atoms with E-state index in [4.69, 9.17) is 9.26 Å². The number of nitrogens with one attached hydrogen (secondary N) is 1. The smallest absolute Gasteiger partial charge is 0.317 e. The van der Waals surface area contributed by atoms with Crippen molar-refractivity contribution in [3.63, 3.8) is 0 Å². The molecular weight excluding hydrogens is 234 g/mol. The maximum absolute atomic E-state index is 11.8. The number of urea groups is 1. The summed E-state index contributed by atoms with van der Waals surface area (Å²) in [6.45, 7) is 6.97. The van der Waals surface area contributed by atoms with Crippen LogP contribution in [0.3, 0.4) is 0 Å². The molecule has 2 heterocycles. The fourth-order valence-electron chi connectivity index (χ4n) is 2.03. The molecule has 1 aromatic heterocycles. The predicted octanol–water partition coefficient (Wildman–Crippen LogP) is 0.876. The number of morpholine rings is 1. The van der Waals surface area contributed by atoms with Gasteiger partial charge in [-0.2, -0.15) is 0 Å². The second-order valence-corrected chi connectivity index (χ2v) is 4.38. The van der Waals surface area contributed by atoms with E-state index in [1.54, 1.807) is 4.90 Å². The molecule has 1 fully saturated rings. The molecule has 1 saturated heterocycles. The van der Waals surface area contributed by atoms with Crippen LogP contribution >= 0.6 is 0 Å². The summed E-state index contributed by atoms with van der Waals surface area (Å²) in [6, 6.07) is -0.0231. The summed E-state index contributed by atoms with van der Waals surface area (Å²) >= 11 is 0. The monoisotopic (exact) mass is 253 g/mol. The lowest BCUT2D eigenvalue weighted by molar-refractivity contribution is 0.0533. The van der Waals surface area contributed by atoms with E-state index in [1.165, 1.54) is 0 Å². The van der Waals surface area contributed by atoms with Gasteiger partial charge in [0.15, 0.2) is 0 Å². The second-order valence-electron chi connectivity index (χ2n) is 4.38. The van der Waals surface area contributed by atoms with E-state index < -0.39 is 0 Å². The molecule has 100 valence electrons. The second kappa shape index (κ2) is 5.86. The zero-order valence-electron chi connectivity index (χ0n) is 10.9. The standard InChI is InChI=1S/C12H19N3O3/c1-9-11(10(2)18-14-9)3-4-13-12(16)15-5-7-17-8-6-15/h3-8H2,1-2H3,(H,13,16). The Balaban J connectivity index is 1.76. The van der Waals surface area contributed by atoms with Crippen molar-refractivity contribution < 1.29 is 14.1 Å². The third kappa shape index (κ3) is 3.01. The van der Waals surface area contributed by atoms with E-state index in [0.29, 0.717) is 32.8 Å². The number of rotatable bonds is 3. The van der Waals surface area contributed by atoms with Gasteiger partial charge in [-0.3, -0.25) is 0 Å². The van der Waals surface area contributed by atoms with Gasteiger partial charge in [0.25, 0.3) is 0 Å². The largest absolute Gasteiger partial charge is 0.378 e. The van der Waals surface area contributed by atoms with Gasteiger partial charge < -0.3 is 19.5 Å². The van der Waals surface area contributed by atoms with Crippen molar-refractivity contribution in [1.82, 2.24) is 15.4 Å². The maximum atomic E-state index is 11.8. The Morgan fingerprint density at radius 1 is 1.39 bits per heavy atom. The van der Waals surface area contributed by atoms with Gasteiger partial charge in [0, 0.05) is 25.2 Å². The number of carbonyl (C=O) groups excluding carboxylic acids is 1. The van der Waals surface area contributed by atoms with Crippen molar-refractivity contribution in [3.8, 4) is 0 Å². The summed E-state index contributed by atoms with van der Waals surface area (Å²) in [5.74, 6) is 0.827. The number of carbonyl (C=O) groups is 1. The highest BCUT2D eigenvalue weighted by Gasteiger charge is 2.16. The van der Waals surface area contributed by atoms with Crippen LogP contribution in [0, 0.1) is 13.8 Å². The first-order valence-electron chi connectivity index (χ1n) is 6.20. The fourth-order valence-corrected chi connectivity index (χ4v) is 2.03. The average molecular weight is 253 g/mol. The maximum Gasteiger partial charge on any atom is 0.317 e. The van der Waals surface area contributed by atoms with E-state index in [0.717, 1.165) is 23.4 Å². The highest BCUT2D eigenvalue weighted by atomic mass is 16.5. The third-order valence-electron chi connectivity index (χ3n) is 3.13. The lowest BCUT2D eigenvalue weighted by atomic mass is 10.1. The summed E-state index contributed by atoms with van der Waals surface area (Å²) in [4.78, 5) is 13.6. The molecule has 6 nitrogen and oxygen atoms in total. The van der Waals surface area contributed by atoms with Crippen molar-refractivity contribution in [2.24, 2.45) is 0 Å². The summed E-state index contributed by atoms with van der Waals surface area (Å²) in [5.41, 5.74) is 1.98. The van der Waals surface area contributed by atoms with Crippen molar-refractivity contribution in [2.45, 2.75) is 20.3 Å². The lowest BCUT2D eigenvalue weighted by Gasteiger charge is -2.26. The summed E-state index contributed by atoms with van der Waals surface area (Å²) in [6.07, 6.45) is 0.747. The molecule has 1 aromatic rings. The van der Waals surface area contributed by atoms with Crippen LogP contribution < -0.4 is 5.32 Å². The Morgan fingerprint density at radius 3 is 2.72 bits per heavy atom. The zero-order valence-corrected chi connectivity index (χ0v) is 10.9. The summed E-state index contributed by atoms with van der Waals surface area (Å²) in [7, 11) is 0. The van der Waals surface area contributed by atoms with Gasteiger partial charge in [-0.1, -0.05) is 5.16 Å². The van der Waals surface area contributed by atoms with E-state index in [2.05, 4.69) is 10.5 Å². The number of hydrogen-bond donors (Lipinski definition) is 1. The summed E-state index contributed by atoms with van der Waals surface area (Å²) < 4.78 is 10.3. The highest BCUT2D eigenvalue weighted by molar-refractivity contribution is 5.74. The molecule has 0 spiro atoms. The molecule has 0 bridgehead atoms. The van der Waals surface area contributed by atoms with Crippen LogP contribution in [0.15, 0.2) is 4.52 Å². The molecule has 0 unspecified atom stereocenters. The van der Waals surface area contributed by atoms with E-state index in [9.17, 15) is 4.79 Å². The fraction of sp³-hybridized carbons (Fsp3) is 0.667. The first-order valence-corrected chi connectivity index (χ1v) is 6.20. The number of aromatic nitrogens is 1. The molecule has 1 aliphatic heterocycles. The minimum Gasteiger partial charge on any atom is -0.378 e. The minimum atomic E-state index is -0.0231. The van der Waals surface area contributed by atoms with Gasteiger partial charge >= 0.3 is 6.03 Å². The SMILES string of the molecule is Cc1noc(C)c1CCNC(=O)N1CCOCC1. The Morgan fingerprint density at radius 2 is 2.11 bits per heavy atom. The predicted molar refractivity (Wildman–Crippen MR) is 65.5 cm³/mol. The normalized spacial score (nSPS) is 15.8. The summed E-state index contributed by atoms with van der Waals surface area (Å²) in [5, 5.41) is 6.80. The molecule has 0 aliphatic carbocycles. The number of nitrogens with zero attached hydrogens (tertiary/aromatic N) is 2. The van der Waals surface area contributed by atoms with Gasteiger partial charge in [-0.15, -0.1) is 0 Å². The van der Waals surface area contributed by atoms with Crippen LogP contribution in [-0.4, -0.2) is 48.9 Å². The van der Waals surface area contributed by atoms with Crippen molar-refractivity contribution in [2.75, 3.05) is 32.8 Å². The molecular formula is C12H19N3O3. The van der Waals surface area contributed by atoms with Crippen molar-refractivity contribution >= 4 is 6.03 Å². The van der Waals surface area contributed by atoms with Crippen molar-refractivity contribution in [1.29, 1.82) is 0 Å². The van der Waals surface area contributed by atoms with Gasteiger partial charge in [-0.05, 0) is 20.3 Å². The van der Waals surface area contributed by atoms with Crippen molar-refractivity contribution in [3.05, 3.63) is 17.0 Å². The Hall–Kier alpha value is -1.56. The third-order valence-corrected chi connectivity index (χ3v) is 3.13. The van der Waals surface area contributed by atoms with Crippen LogP contribution in [0.25, 0.3) is 0 Å². The lowest BCUT2D eigenvalue weighted by Crippen LogP contribution is -2.46. The topological polar surface area (TPSA) is 67.6 Å². The van der Waals surface area contributed by atoms with Crippen LogP contribution in [0.4, 0.5) is 4.79 Å². The zero-order chi connectivity index (χ0) is 13.0. The average Bonchev–Trinajstić information content (AvgIpc) is 2.71. The molecule has 0 atom stereocenters. The van der Waals surface area contributed by atoms with Crippen LogP contribution in [0.1, 0.15) is 17.0 Å². The van der Waals surface area contributed by atoms with Gasteiger partial charge in [0.05, 0.1) is 18.9 Å².